The Kier molecular flexibility index (Phi) is 4.39. The van der Waals surface area contributed by atoms with Crippen LogP contribution in [0.15, 0.2) is 42.7 Å². The molecule has 0 N–H and O–H groups in total. The van der Waals surface area contributed by atoms with Gasteiger partial charge in [-0.3, -0.25) is 4.98 Å². The summed E-state index contributed by atoms with van der Waals surface area (Å²) in [6.45, 7) is 11.5. The predicted molar refractivity (Wildman–Crippen MR) is 104 cm³/mol. The van der Waals surface area contributed by atoms with Gasteiger partial charge in [-0.25, -0.2) is 0 Å². The molecule has 1 aliphatic carbocycles. The van der Waals surface area contributed by atoms with Gasteiger partial charge in [0.05, 0.1) is 10.6 Å². The van der Waals surface area contributed by atoms with Gasteiger partial charge in [-0.1, -0.05) is 56.6 Å². The highest BCUT2D eigenvalue weighted by Gasteiger charge is 2.52. The highest BCUT2D eigenvalue weighted by Crippen LogP contribution is 2.54. The molecule has 1 aromatic carbocycles. The molecule has 1 heterocycles. The van der Waals surface area contributed by atoms with Crippen LogP contribution in [0.1, 0.15) is 39.2 Å². The molecule has 24 heavy (non-hydrogen) atoms. The Balaban J connectivity index is 1.85. The Morgan fingerprint density at radius 3 is 2.21 bits per heavy atom. The van der Waals surface area contributed by atoms with E-state index in [1.54, 1.807) is 6.20 Å². The van der Waals surface area contributed by atoms with Crippen LogP contribution in [-0.4, -0.2) is 13.3 Å². The van der Waals surface area contributed by atoms with Crippen LogP contribution in [0.4, 0.5) is 0 Å². The number of halogens is 1. The monoisotopic (exact) mass is 359 g/mol. The molecule has 0 saturated heterocycles. The second-order valence-corrected chi connectivity index (χ2v) is 13.4. The molecule has 0 amide bonds. The number of hydrogen-bond acceptors (Lipinski definition) is 2. The lowest BCUT2D eigenvalue weighted by Crippen LogP contribution is -2.44. The van der Waals surface area contributed by atoms with Gasteiger partial charge in [-0.05, 0) is 48.2 Å². The van der Waals surface area contributed by atoms with Gasteiger partial charge in [0, 0.05) is 18.0 Å². The van der Waals surface area contributed by atoms with E-state index in [9.17, 15) is 0 Å². The molecule has 1 saturated carbocycles. The van der Waals surface area contributed by atoms with E-state index in [0.29, 0.717) is 0 Å². The topological polar surface area (TPSA) is 22.1 Å². The van der Waals surface area contributed by atoms with Crippen LogP contribution in [0.2, 0.25) is 23.2 Å². The maximum absolute atomic E-state index is 6.76. The maximum atomic E-state index is 6.76. The zero-order chi connectivity index (χ0) is 17.6. The van der Waals surface area contributed by atoms with Crippen molar-refractivity contribution >= 4 is 19.9 Å². The summed E-state index contributed by atoms with van der Waals surface area (Å²) in [5, 5.41) is 0.961. The molecule has 0 aliphatic heterocycles. The molecule has 1 fully saturated rings. The van der Waals surface area contributed by atoms with Crippen LogP contribution < -0.4 is 0 Å². The average molecular weight is 360 g/mol. The molecule has 128 valence electrons. The summed E-state index contributed by atoms with van der Waals surface area (Å²) >= 11 is 6.28. The summed E-state index contributed by atoms with van der Waals surface area (Å²) < 4.78 is 6.76. The van der Waals surface area contributed by atoms with Crippen molar-refractivity contribution < 1.29 is 4.43 Å². The van der Waals surface area contributed by atoms with E-state index in [0.717, 1.165) is 29.0 Å². The minimum absolute atomic E-state index is 0.0692. The third-order valence-corrected chi connectivity index (χ3v) is 10.3. The number of nitrogens with zero attached hydrogens (tertiary/aromatic N) is 1. The minimum Gasteiger partial charge on any atom is -0.407 e. The fourth-order valence-corrected chi connectivity index (χ4v) is 4.57. The summed E-state index contributed by atoms with van der Waals surface area (Å²) in [7, 11) is -1.78. The number of pyridine rings is 1. The van der Waals surface area contributed by atoms with Gasteiger partial charge in [0.25, 0.3) is 0 Å². The molecule has 2 nitrogen and oxygen atoms in total. The first kappa shape index (κ1) is 17.7. The van der Waals surface area contributed by atoms with Gasteiger partial charge in [-0.15, -0.1) is 0 Å². The third-order valence-electron chi connectivity index (χ3n) is 5.45. The van der Waals surface area contributed by atoms with Crippen LogP contribution in [0.5, 0.6) is 0 Å². The van der Waals surface area contributed by atoms with Gasteiger partial charge in [0.1, 0.15) is 0 Å². The highest BCUT2D eigenvalue weighted by molar-refractivity contribution is 6.74. The van der Waals surface area contributed by atoms with Crippen molar-refractivity contribution in [2.45, 2.75) is 57.3 Å². The van der Waals surface area contributed by atoms with Crippen molar-refractivity contribution in [1.29, 1.82) is 0 Å². The molecule has 0 atom stereocenters. The van der Waals surface area contributed by atoms with Gasteiger partial charge >= 0.3 is 0 Å². The number of benzene rings is 1. The van der Waals surface area contributed by atoms with E-state index in [2.05, 4.69) is 63.1 Å². The zero-order valence-corrected chi connectivity index (χ0v) is 16.9. The number of aromatic nitrogens is 1. The smallest absolute Gasteiger partial charge is 0.193 e. The van der Waals surface area contributed by atoms with Crippen molar-refractivity contribution in [3.05, 3.63) is 53.3 Å². The number of rotatable bonds is 4. The van der Waals surface area contributed by atoms with E-state index in [4.69, 9.17) is 16.0 Å². The quantitative estimate of drug-likeness (QED) is 0.588. The molecule has 3 rings (SSSR count). The first-order chi connectivity index (χ1) is 11.1. The second-order valence-electron chi connectivity index (χ2n) is 8.29. The molecule has 0 radical (unpaired) electrons. The molecule has 1 aliphatic rings. The molecule has 2 aromatic rings. The average Bonchev–Trinajstić information content (AvgIpc) is 3.27. The Morgan fingerprint density at radius 1 is 1.08 bits per heavy atom. The van der Waals surface area contributed by atoms with E-state index >= 15 is 0 Å². The standard InChI is InChI=1S/C20H26ClNOSi/c1-19(2,3)24(4,5)23-20(11-12-20)16-8-6-15(7-9-16)17-14-22-13-10-18(17)21/h6-10,13-14H,11-12H2,1-5H3. The lowest BCUT2D eigenvalue weighted by atomic mass is 10.0. The van der Waals surface area contributed by atoms with E-state index in [-0.39, 0.29) is 10.6 Å². The summed E-state index contributed by atoms with van der Waals surface area (Å²) in [5.41, 5.74) is 3.29. The summed E-state index contributed by atoms with van der Waals surface area (Å²) in [6.07, 6.45) is 5.77. The molecule has 1 aromatic heterocycles. The SMILES string of the molecule is CC(C)(C)[Si](C)(C)OC1(c2ccc(-c3cnccc3Cl)cc2)CC1. The normalized spacial score (nSPS) is 16.9. The van der Waals surface area contributed by atoms with Crippen molar-refractivity contribution in [3.8, 4) is 11.1 Å². The van der Waals surface area contributed by atoms with Crippen LogP contribution in [0, 0.1) is 0 Å². The van der Waals surface area contributed by atoms with Gasteiger partial charge in [0.15, 0.2) is 8.32 Å². The first-order valence-electron chi connectivity index (χ1n) is 8.55. The Labute approximate surface area is 151 Å². The van der Waals surface area contributed by atoms with E-state index in [1.807, 2.05) is 12.3 Å². The van der Waals surface area contributed by atoms with E-state index < -0.39 is 8.32 Å². The minimum atomic E-state index is -1.78. The highest BCUT2D eigenvalue weighted by atomic mass is 35.5. The molecule has 0 bridgehead atoms. The van der Waals surface area contributed by atoms with Gasteiger partial charge in [0.2, 0.25) is 0 Å². The number of hydrogen-bond donors (Lipinski definition) is 0. The van der Waals surface area contributed by atoms with Gasteiger partial charge in [-0.2, -0.15) is 0 Å². The largest absolute Gasteiger partial charge is 0.407 e. The van der Waals surface area contributed by atoms with Crippen LogP contribution in [0.3, 0.4) is 0 Å². The molecular formula is C20H26ClNOSi. The third kappa shape index (κ3) is 3.30. The second kappa shape index (κ2) is 5.97. The van der Waals surface area contributed by atoms with Gasteiger partial charge < -0.3 is 4.43 Å². The fourth-order valence-electron chi connectivity index (χ4n) is 2.75. The predicted octanol–water partition coefficient (Wildman–Crippen LogP) is 6.41. The summed E-state index contributed by atoms with van der Waals surface area (Å²) in [6, 6.07) is 10.5. The first-order valence-corrected chi connectivity index (χ1v) is 11.8. The summed E-state index contributed by atoms with van der Waals surface area (Å²) in [4.78, 5) is 4.18. The fraction of sp³-hybridized carbons (Fsp3) is 0.450. The lowest BCUT2D eigenvalue weighted by molar-refractivity contribution is 0.159. The van der Waals surface area contributed by atoms with Crippen molar-refractivity contribution in [2.24, 2.45) is 0 Å². The van der Waals surface area contributed by atoms with Crippen molar-refractivity contribution in [3.63, 3.8) is 0 Å². The Bertz CT molecular complexity index is 730. The van der Waals surface area contributed by atoms with Crippen molar-refractivity contribution in [1.82, 2.24) is 4.98 Å². The molecule has 0 spiro atoms. The molecule has 4 heteroatoms. The summed E-state index contributed by atoms with van der Waals surface area (Å²) in [5.74, 6) is 0. The van der Waals surface area contributed by atoms with Crippen molar-refractivity contribution in [2.75, 3.05) is 0 Å². The molecular weight excluding hydrogens is 334 g/mol. The Hall–Kier alpha value is -1.16. The zero-order valence-electron chi connectivity index (χ0n) is 15.2. The molecule has 0 unspecified atom stereocenters. The maximum Gasteiger partial charge on any atom is 0.193 e. The van der Waals surface area contributed by atoms with Crippen LogP contribution in [0.25, 0.3) is 11.1 Å². The van der Waals surface area contributed by atoms with Crippen LogP contribution in [-0.2, 0) is 10.0 Å². The van der Waals surface area contributed by atoms with Crippen LogP contribution >= 0.6 is 11.6 Å². The van der Waals surface area contributed by atoms with E-state index in [1.165, 1.54) is 5.56 Å². The lowest BCUT2D eigenvalue weighted by Gasteiger charge is -2.39. The Morgan fingerprint density at radius 2 is 1.71 bits per heavy atom.